The van der Waals surface area contributed by atoms with E-state index in [1.54, 1.807) is 24.3 Å². The van der Waals surface area contributed by atoms with Crippen molar-refractivity contribution in [3.63, 3.8) is 0 Å². The van der Waals surface area contributed by atoms with Gasteiger partial charge in [0.25, 0.3) is 11.8 Å². The maximum absolute atomic E-state index is 11.9. The van der Waals surface area contributed by atoms with Gasteiger partial charge in [-0.25, -0.2) is 0 Å². The molecule has 0 bridgehead atoms. The molecule has 0 aliphatic carbocycles. The van der Waals surface area contributed by atoms with Crippen LogP contribution in [0.5, 0.6) is 0 Å². The lowest BCUT2D eigenvalue weighted by Crippen LogP contribution is -2.30. The fourth-order valence-corrected chi connectivity index (χ4v) is 2.09. The third-order valence-corrected chi connectivity index (χ3v) is 3.03. The van der Waals surface area contributed by atoms with E-state index in [0.717, 1.165) is 12.8 Å². The van der Waals surface area contributed by atoms with E-state index in [-0.39, 0.29) is 24.0 Å². The first kappa shape index (κ1) is 14.5. The lowest BCUT2D eigenvalue weighted by molar-refractivity contribution is -0.124. The van der Waals surface area contributed by atoms with Gasteiger partial charge in [-0.1, -0.05) is 6.07 Å². The summed E-state index contributed by atoms with van der Waals surface area (Å²) < 4.78 is 5.33. The molecule has 0 radical (unpaired) electrons. The number of anilines is 1. The van der Waals surface area contributed by atoms with E-state index in [4.69, 9.17) is 4.74 Å². The third-order valence-electron chi connectivity index (χ3n) is 3.03. The summed E-state index contributed by atoms with van der Waals surface area (Å²) in [5.74, 6) is -0.294. The average Bonchev–Trinajstić information content (AvgIpc) is 2.92. The topological polar surface area (TPSA) is 67.4 Å². The highest BCUT2D eigenvalue weighted by Gasteiger charge is 2.23. The normalized spacial score (nSPS) is 18.1. The Bertz CT molecular complexity index is 494. The summed E-state index contributed by atoms with van der Waals surface area (Å²) in [6.45, 7) is 4.44. The molecule has 5 heteroatoms. The van der Waals surface area contributed by atoms with Crippen molar-refractivity contribution in [3.05, 3.63) is 29.8 Å². The van der Waals surface area contributed by atoms with Gasteiger partial charge in [-0.15, -0.1) is 0 Å². The van der Waals surface area contributed by atoms with E-state index in [1.807, 2.05) is 13.8 Å². The Morgan fingerprint density at radius 3 is 2.80 bits per heavy atom. The molecule has 2 amide bonds. The van der Waals surface area contributed by atoms with Gasteiger partial charge in [0, 0.05) is 23.9 Å². The number of carbonyl (C=O) groups is 2. The van der Waals surface area contributed by atoms with Gasteiger partial charge < -0.3 is 15.4 Å². The average molecular weight is 276 g/mol. The van der Waals surface area contributed by atoms with Crippen LogP contribution in [0.25, 0.3) is 0 Å². The van der Waals surface area contributed by atoms with Crippen LogP contribution in [-0.2, 0) is 9.53 Å². The zero-order valence-corrected chi connectivity index (χ0v) is 11.8. The van der Waals surface area contributed by atoms with Gasteiger partial charge in [0.1, 0.15) is 6.10 Å². The lowest BCUT2D eigenvalue weighted by atomic mass is 10.1. The predicted octanol–water partition coefficient (Wildman–Crippen LogP) is 1.94. The number of amides is 2. The molecule has 0 spiro atoms. The van der Waals surface area contributed by atoms with Gasteiger partial charge in [-0.2, -0.15) is 0 Å². The van der Waals surface area contributed by atoms with E-state index in [1.165, 1.54) is 0 Å². The summed E-state index contributed by atoms with van der Waals surface area (Å²) in [6, 6.07) is 6.98. The first-order valence-electron chi connectivity index (χ1n) is 6.89. The van der Waals surface area contributed by atoms with Crippen LogP contribution < -0.4 is 10.6 Å². The van der Waals surface area contributed by atoms with Crippen LogP contribution in [0, 0.1) is 0 Å². The highest BCUT2D eigenvalue weighted by molar-refractivity contribution is 5.98. The molecule has 5 nitrogen and oxygen atoms in total. The summed E-state index contributed by atoms with van der Waals surface area (Å²) in [5, 5.41) is 5.61. The Morgan fingerprint density at radius 2 is 2.15 bits per heavy atom. The Kier molecular flexibility index (Phi) is 4.74. The van der Waals surface area contributed by atoms with Crippen LogP contribution in [0.2, 0.25) is 0 Å². The van der Waals surface area contributed by atoms with Gasteiger partial charge in [-0.05, 0) is 44.9 Å². The van der Waals surface area contributed by atoms with Crippen LogP contribution in [-0.4, -0.2) is 30.6 Å². The molecule has 1 aromatic carbocycles. The minimum absolute atomic E-state index is 0.0765. The Labute approximate surface area is 118 Å². The van der Waals surface area contributed by atoms with Crippen LogP contribution in [0.3, 0.4) is 0 Å². The molecular formula is C15H20N2O3. The molecule has 1 fully saturated rings. The second-order valence-electron chi connectivity index (χ2n) is 5.20. The van der Waals surface area contributed by atoms with Crippen molar-refractivity contribution in [2.75, 3.05) is 11.9 Å². The number of ether oxygens (including phenoxy) is 1. The van der Waals surface area contributed by atoms with Crippen molar-refractivity contribution < 1.29 is 14.3 Å². The zero-order valence-electron chi connectivity index (χ0n) is 11.8. The van der Waals surface area contributed by atoms with E-state index in [2.05, 4.69) is 10.6 Å². The molecule has 1 aliphatic rings. The van der Waals surface area contributed by atoms with Gasteiger partial charge >= 0.3 is 0 Å². The quantitative estimate of drug-likeness (QED) is 0.883. The van der Waals surface area contributed by atoms with Gasteiger partial charge in [0.2, 0.25) is 0 Å². The second kappa shape index (κ2) is 6.52. The molecule has 1 heterocycles. The summed E-state index contributed by atoms with van der Waals surface area (Å²) in [4.78, 5) is 23.8. The molecule has 1 unspecified atom stereocenters. The van der Waals surface area contributed by atoms with Crippen molar-refractivity contribution in [2.24, 2.45) is 0 Å². The van der Waals surface area contributed by atoms with Gasteiger partial charge in [0.05, 0.1) is 0 Å². The summed E-state index contributed by atoms with van der Waals surface area (Å²) in [7, 11) is 0. The highest BCUT2D eigenvalue weighted by atomic mass is 16.5. The van der Waals surface area contributed by atoms with Gasteiger partial charge in [-0.3, -0.25) is 9.59 Å². The van der Waals surface area contributed by atoms with Crippen LogP contribution >= 0.6 is 0 Å². The van der Waals surface area contributed by atoms with E-state index < -0.39 is 0 Å². The molecule has 2 N–H and O–H groups in total. The van der Waals surface area contributed by atoms with Gasteiger partial charge in [0.15, 0.2) is 0 Å². The van der Waals surface area contributed by atoms with Crippen molar-refractivity contribution >= 4 is 17.5 Å². The fourth-order valence-electron chi connectivity index (χ4n) is 2.09. The third kappa shape index (κ3) is 3.81. The Morgan fingerprint density at radius 1 is 1.35 bits per heavy atom. The van der Waals surface area contributed by atoms with Crippen molar-refractivity contribution in [1.82, 2.24) is 5.32 Å². The van der Waals surface area contributed by atoms with Crippen LogP contribution in [0.15, 0.2) is 24.3 Å². The van der Waals surface area contributed by atoms with E-state index >= 15 is 0 Å². The molecular weight excluding hydrogens is 256 g/mol. The van der Waals surface area contributed by atoms with Crippen molar-refractivity contribution in [3.8, 4) is 0 Å². The van der Waals surface area contributed by atoms with Crippen molar-refractivity contribution in [1.29, 1.82) is 0 Å². The molecule has 108 valence electrons. The molecule has 1 atom stereocenters. The molecule has 1 aromatic rings. The maximum Gasteiger partial charge on any atom is 0.253 e. The first-order valence-corrected chi connectivity index (χ1v) is 6.89. The minimum atomic E-state index is -0.372. The Balaban J connectivity index is 2.02. The van der Waals surface area contributed by atoms with Crippen LogP contribution in [0.1, 0.15) is 37.0 Å². The molecule has 1 saturated heterocycles. The Hall–Kier alpha value is -1.88. The number of rotatable bonds is 4. The molecule has 0 aromatic heterocycles. The number of carbonyl (C=O) groups excluding carboxylic acids is 2. The smallest absolute Gasteiger partial charge is 0.253 e. The van der Waals surface area contributed by atoms with E-state index in [0.29, 0.717) is 17.9 Å². The highest BCUT2D eigenvalue weighted by Crippen LogP contribution is 2.16. The predicted molar refractivity (Wildman–Crippen MR) is 76.6 cm³/mol. The largest absolute Gasteiger partial charge is 0.368 e. The SMILES string of the molecule is CC(C)NC(=O)c1cccc(NC(=O)C2CCCO2)c1. The molecule has 0 saturated carbocycles. The number of nitrogens with one attached hydrogen (secondary N) is 2. The van der Waals surface area contributed by atoms with Crippen LogP contribution in [0.4, 0.5) is 5.69 Å². The number of hydrogen-bond acceptors (Lipinski definition) is 3. The molecule has 1 aliphatic heterocycles. The van der Waals surface area contributed by atoms with E-state index in [9.17, 15) is 9.59 Å². The number of hydrogen-bond donors (Lipinski definition) is 2. The first-order chi connectivity index (χ1) is 9.56. The summed E-state index contributed by atoms with van der Waals surface area (Å²) in [6.07, 6.45) is 1.29. The monoisotopic (exact) mass is 276 g/mol. The molecule has 2 rings (SSSR count). The number of benzene rings is 1. The fraction of sp³-hybridized carbons (Fsp3) is 0.467. The summed E-state index contributed by atoms with van der Waals surface area (Å²) in [5.41, 5.74) is 1.14. The van der Waals surface area contributed by atoms with Crippen molar-refractivity contribution in [2.45, 2.75) is 38.8 Å². The maximum atomic E-state index is 11.9. The molecule has 20 heavy (non-hydrogen) atoms. The second-order valence-corrected chi connectivity index (χ2v) is 5.20. The summed E-state index contributed by atoms with van der Waals surface area (Å²) >= 11 is 0. The standard InChI is InChI=1S/C15H20N2O3/c1-10(2)16-14(18)11-5-3-6-12(9-11)17-15(19)13-7-4-8-20-13/h3,5-6,9-10,13H,4,7-8H2,1-2H3,(H,16,18)(H,17,19). The zero-order chi connectivity index (χ0) is 14.5. The minimum Gasteiger partial charge on any atom is -0.368 e. The lowest BCUT2D eigenvalue weighted by Gasteiger charge is -2.12.